The van der Waals surface area contributed by atoms with Crippen molar-refractivity contribution in [2.45, 2.75) is 44.6 Å². The van der Waals surface area contributed by atoms with Crippen LogP contribution in [0.5, 0.6) is 0 Å². The van der Waals surface area contributed by atoms with Crippen LogP contribution in [0.3, 0.4) is 0 Å². The van der Waals surface area contributed by atoms with Crippen LogP contribution in [0.1, 0.15) is 67.9 Å². The van der Waals surface area contributed by atoms with E-state index < -0.39 is 17.9 Å². The van der Waals surface area contributed by atoms with Crippen LogP contribution < -0.4 is 22.1 Å². The fourth-order valence-electron chi connectivity index (χ4n) is 5.64. The lowest BCUT2D eigenvalue weighted by Gasteiger charge is -2.18. The number of amides is 3. The van der Waals surface area contributed by atoms with E-state index in [1.165, 1.54) is 7.11 Å². The molecule has 5 rings (SSSR count). The number of carbonyl (C=O) groups is 4. The molecule has 0 aliphatic carbocycles. The fraction of sp³-hybridized carbons (Fsp3) is 0.333. The van der Waals surface area contributed by atoms with Crippen LogP contribution in [0, 0.1) is 0 Å². The van der Waals surface area contributed by atoms with Gasteiger partial charge in [-0.15, -0.1) is 0 Å². The van der Waals surface area contributed by atoms with Crippen molar-refractivity contribution in [3.05, 3.63) is 82.5 Å². The number of fused-ring (bicyclic) bond motifs is 1. The molecule has 0 spiro atoms. The lowest BCUT2D eigenvalue weighted by Crippen LogP contribution is -2.42. The molecule has 7 N–H and O–H groups in total. The quantitative estimate of drug-likeness (QED) is 0.116. The van der Waals surface area contributed by atoms with Gasteiger partial charge in [0.25, 0.3) is 17.7 Å². The molecule has 3 heterocycles. The van der Waals surface area contributed by atoms with E-state index in [4.69, 9.17) is 16.2 Å². The van der Waals surface area contributed by atoms with Gasteiger partial charge in [0.1, 0.15) is 17.5 Å². The Balaban J connectivity index is 1.12. The van der Waals surface area contributed by atoms with Crippen molar-refractivity contribution in [1.82, 2.24) is 30.5 Å². The number of anilines is 2. The smallest absolute Gasteiger partial charge is 0.328 e. The number of aryl methyl sites for hydroxylation is 2. The van der Waals surface area contributed by atoms with Crippen molar-refractivity contribution < 1.29 is 23.9 Å². The number of nitrogens with zero attached hydrogens (tertiary/aromatic N) is 3. The van der Waals surface area contributed by atoms with Crippen molar-refractivity contribution in [2.75, 3.05) is 38.2 Å². The number of aromatic amines is 1. The summed E-state index contributed by atoms with van der Waals surface area (Å²) in [6, 6.07) is 13.0. The molecule has 0 unspecified atom stereocenters. The predicted octanol–water partition coefficient (Wildman–Crippen LogP) is 2.63. The van der Waals surface area contributed by atoms with Gasteiger partial charge in [-0.2, -0.15) is 9.97 Å². The van der Waals surface area contributed by atoms with Crippen LogP contribution in [0.4, 0.5) is 11.8 Å². The summed E-state index contributed by atoms with van der Waals surface area (Å²) in [4.78, 5) is 64.4. The van der Waals surface area contributed by atoms with Gasteiger partial charge in [0.05, 0.1) is 23.6 Å². The van der Waals surface area contributed by atoms with Gasteiger partial charge in [-0.05, 0) is 73.9 Å². The van der Waals surface area contributed by atoms with E-state index >= 15 is 0 Å². The van der Waals surface area contributed by atoms with Gasteiger partial charge < -0.3 is 36.7 Å². The fourth-order valence-corrected chi connectivity index (χ4v) is 5.64. The molecule has 4 aromatic rings. The van der Waals surface area contributed by atoms with Crippen LogP contribution >= 0.6 is 0 Å². The molecule has 240 valence electrons. The van der Waals surface area contributed by atoms with E-state index in [1.54, 1.807) is 41.3 Å². The minimum Gasteiger partial charge on any atom is -0.467 e. The zero-order valence-corrected chi connectivity index (χ0v) is 25.7. The van der Waals surface area contributed by atoms with Gasteiger partial charge in [-0.3, -0.25) is 14.4 Å². The second-order valence-corrected chi connectivity index (χ2v) is 11.2. The van der Waals surface area contributed by atoms with E-state index in [0.29, 0.717) is 60.5 Å². The number of nitrogens with one attached hydrogen (secondary N) is 3. The molecule has 0 bridgehead atoms. The summed E-state index contributed by atoms with van der Waals surface area (Å²) >= 11 is 0. The highest BCUT2D eigenvalue weighted by molar-refractivity contribution is 6.07. The van der Waals surface area contributed by atoms with Crippen LogP contribution in [-0.4, -0.2) is 76.3 Å². The van der Waals surface area contributed by atoms with Gasteiger partial charge in [0.2, 0.25) is 5.95 Å². The molecular weight excluding hydrogens is 588 g/mol. The van der Waals surface area contributed by atoms with E-state index in [-0.39, 0.29) is 30.7 Å². The number of rotatable bonds is 12. The first-order valence-electron chi connectivity index (χ1n) is 15.3. The number of likely N-dealkylation sites (tertiary alicyclic amines) is 1. The lowest BCUT2D eigenvalue weighted by atomic mass is 10.0. The third-order valence-corrected chi connectivity index (χ3v) is 8.10. The third kappa shape index (κ3) is 7.42. The summed E-state index contributed by atoms with van der Waals surface area (Å²) < 4.78 is 4.91. The molecule has 0 saturated carbocycles. The third-order valence-electron chi connectivity index (χ3n) is 8.10. The van der Waals surface area contributed by atoms with Gasteiger partial charge in [0, 0.05) is 31.4 Å². The van der Waals surface area contributed by atoms with Crippen molar-refractivity contribution in [3.63, 3.8) is 0 Å². The second-order valence-electron chi connectivity index (χ2n) is 11.2. The van der Waals surface area contributed by atoms with Crippen LogP contribution in [0.15, 0.2) is 54.7 Å². The van der Waals surface area contributed by atoms with Crippen molar-refractivity contribution in [2.24, 2.45) is 0 Å². The monoisotopic (exact) mass is 626 g/mol. The number of ether oxygens (including phenoxy) is 1. The molecule has 46 heavy (non-hydrogen) atoms. The van der Waals surface area contributed by atoms with E-state index in [9.17, 15) is 19.2 Å². The highest BCUT2D eigenvalue weighted by atomic mass is 16.5. The van der Waals surface area contributed by atoms with Crippen LogP contribution in [-0.2, 0) is 22.4 Å². The molecule has 13 heteroatoms. The van der Waals surface area contributed by atoms with Gasteiger partial charge in [-0.25, -0.2) is 4.79 Å². The largest absolute Gasteiger partial charge is 0.467 e. The number of methoxy groups -OCH3 is 1. The summed E-state index contributed by atoms with van der Waals surface area (Å²) in [7, 11) is 1.26. The number of hydrogen-bond acceptors (Lipinski definition) is 9. The first kappa shape index (κ1) is 31.9. The summed E-state index contributed by atoms with van der Waals surface area (Å²) in [5.41, 5.74) is 15.4. The van der Waals surface area contributed by atoms with E-state index in [2.05, 4.69) is 25.6 Å². The molecule has 1 saturated heterocycles. The van der Waals surface area contributed by atoms with Crippen molar-refractivity contribution in [1.29, 1.82) is 0 Å². The Bertz CT molecular complexity index is 1730. The van der Waals surface area contributed by atoms with Crippen molar-refractivity contribution >= 4 is 46.5 Å². The number of esters is 1. The molecule has 0 radical (unpaired) electrons. The maximum Gasteiger partial charge on any atom is 0.328 e. The number of aromatic nitrogens is 3. The maximum absolute atomic E-state index is 13.0. The van der Waals surface area contributed by atoms with Crippen molar-refractivity contribution in [3.8, 4) is 0 Å². The first-order chi connectivity index (χ1) is 22.2. The van der Waals surface area contributed by atoms with Gasteiger partial charge in [-0.1, -0.05) is 24.3 Å². The van der Waals surface area contributed by atoms with E-state index in [1.807, 2.05) is 18.3 Å². The van der Waals surface area contributed by atoms with Gasteiger partial charge in [0.15, 0.2) is 0 Å². The normalized spacial score (nSPS) is 13.4. The number of carbonyl (C=O) groups excluding carboxylic acids is 4. The number of benzene rings is 2. The Hall–Kier alpha value is -5.46. The standard InChI is InChI=1S/C33H38N8O5/c1-46-32(45)25(9-6-16-36-30(43)23-7-2-3-8-24(23)31(44)41-17-4-5-18-41)38-29(42)21-13-10-20(11-14-21)12-15-22-19-37-28-26(22)27(34)39-33(35)40-28/h2-3,7-8,10-11,13-14,19,25H,4-6,9,12,15-18H2,1H3,(H,36,43)(H,38,42)(H5,34,35,37,39,40)/t25-/m0/s1. The van der Waals surface area contributed by atoms with Crippen LogP contribution in [0.25, 0.3) is 11.0 Å². The predicted molar refractivity (Wildman–Crippen MR) is 173 cm³/mol. The minimum atomic E-state index is -0.901. The Morgan fingerprint density at radius 3 is 2.39 bits per heavy atom. The molecule has 1 aliphatic heterocycles. The SMILES string of the molecule is COC(=O)[C@H](CCCNC(=O)c1ccccc1C(=O)N1CCCC1)NC(=O)c1ccc(CCc2c[nH]c3nc(N)nc(N)c23)cc1. The molecule has 1 aliphatic rings. The van der Waals surface area contributed by atoms with Gasteiger partial charge >= 0.3 is 5.97 Å². The highest BCUT2D eigenvalue weighted by Crippen LogP contribution is 2.24. The Labute approximate surface area is 266 Å². The molecule has 13 nitrogen and oxygen atoms in total. The number of hydrogen-bond donors (Lipinski definition) is 5. The molecule has 2 aromatic heterocycles. The topological polar surface area (TPSA) is 198 Å². The Kier molecular flexibility index (Phi) is 10.1. The average molecular weight is 627 g/mol. The number of nitrogen functional groups attached to an aromatic ring is 2. The minimum absolute atomic E-state index is 0.108. The van der Waals surface area contributed by atoms with E-state index in [0.717, 1.165) is 29.4 Å². The molecule has 1 atom stereocenters. The Morgan fingerprint density at radius 2 is 1.67 bits per heavy atom. The zero-order chi connectivity index (χ0) is 32.6. The molecule has 2 aromatic carbocycles. The molecule has 3 amide bonds. The maximum atomic E-state index is 13.0. The zero-order valence-electron chi connectivity index (χ0n) is 25.7. The number of nitrogens with two attached hydrogens (primary N) is 2. The number of H-pyrrole nitrogens is 1. The summed E-state index contributed by atoms with van der Waals surface area (Å²) in [6.45, 7) is 1.62. The second kappa shape index (κ2) is 14.5. The highest BCUT2D eigenvalue weighted by Gasteiger charge is 2.25. The Morgan fingerprint density at radius 1 is 0.957 bits per heavy atom. The summed E-state index contributed by atoms with van der Waals surface area (Å²) in [5.74, 6) is -1.08. The molecule has 1 fully saturated rings. The summed E-state index contributed by atoms with van der Waals surface area (Å²) in [6.07, 6.45) is 5.75. The van der Waals surface area contributed by atoms with Crippen LogP contribution in [0.2, 0.25) is 0 Å². The molecular formula is C33H38N8O5. The summed E-state index contributed by atoms with van der Waals surface area (Å²) in [5, 5.41) is 6.32. The average Bonchev–Trinajstić information content (AvgIpc) is 3.75. The first-order valence-corrected chi connectivity index (χ1v) is 15.3. The lowest BCUT2D eigenvalue weighted by molar-refractivity contribution is -0.143.